The summed E-state index contributed by atoms with van der Waals surface area (Å²) in [5.74, 6) is -0.453. The summed E-state index contributed by atoms with van der Waals surface area (Å²) in [4.78, 5) is 10.7. The van der Waals surface area contributed by atoms with Crippen LogP contribution >= 0.6 is 0 Å². The van der Waals surface area contributed by atoms with Crippen molar-refractivity contribution >= 4 is 5.97 Å². The van der Waals surface area contributed by atoms with Crippen molar-refractivity contribution < 1.29 is 14.6 Å². The number of carboxylic acids is 1. The fraction of sp³-hybridized carbons (Fsp3) is 0.875. The molecule has 1 aliphatic heterocycles. The molecule has 0 radical (unpaired) electrons. The van der Waals surface area contributed by atoms with Gasteiger partial charge in [0.05, 0.1) is 19.1 Å². The largest absolute Gasteiger partial charge is 0.481 e. The first-order valence-electron chi connectivity index (χ1n) is 3.93. The van der Waals surface area contributed by atoms with Crippen LogP contribution in [0.4, 0.5) is 0 Å². The molecule has 0 aromatic rings. The minimum Gasteiger partial charge on any atom is -0.481 e. The highest BCUT2D eigenvalue weighted by atomic mass is 16.5. The molecule has 0 bridgehead atoms. The molecule has 0 spiro atoms. The van der Waals surface area contributed by atoms with Crippen LogP contribution in [0.2, 0.25) is 0 Å². The summed E-state index contributed by atoms with van der Waals surface area (Å²) in [6.45, 7) is 5.12. The molecule has 0 amide bonds. The predicted octanol–water partition coefficient (Wildman–Crippen LogP) is 0.990. The topological polar surface area (TPSA) is 46.5 Å². The van der Waals surface area contributed by atoms with Gasteiger partial charge in [0.2, 0.25) is 0 Å². The maximum atomic E-state index is 10.7. The lowest BCUT2D eigenvalue weighted by Crippen LogP contribution is -2.40. The van der Waals surface area contributed by atoms with Gasteiger partial charge in [-0.05, 0) is 5.92 Å². The van der Waals surface area contributed by atoms with E-state index in [4.69, 9.17) is 9.84 Å². The first-order chi connectivity index (χ1) is 5.13. The molecule has 64 valence electrons. The van der Waals surface area contributed by atoms with Crippen LogP contribution in [-0.4, -0.2) is 24.3 Å². The van der Waals surface area contributed by atoms with Crippen LogP contribution in [0.5, 0.6) is 0 Å². The molecule has 1 saturated heterocycles. The molecule has 1 fully saturated rings. The van der Waals surface area contributed by atoms with Crippen molar-refractivity contribution in [2.45, 2.75) is 13.8 Å². The lowest BCUT2D eigenvalue weighted by molar-refractivity contribution is -0.155. The van der Waals surface area contributed by atoms with E-state index in [-0.39, 0.29) is 17.8 Å². The molecule has 0 aromatic carbocycles. The first kappa shape index (κ1) is 8.53. The van der Waals surface area contributed by atoms with Gasteiger partial charge in [-0.2, -0.15) is 0 Å². The van der Waals surface area contributed by atoms with Gasteiger partial charge in [0, 0.05) is 5.92 Å². The Morgan fingerprint density at radius 1 is 1.55 bits per heavy atom. The molecule has 0 aromatic heterocycles. The minimum absolute atomic E-state index is 0.210. The van der Waals surface area contributed by atoms with Crippen LogP contribution in [0.25, 0.3) is 0 Å². The quantitative estimate of drug-likeness (QED) is 0.666. The number of rotatable bonds is 3. The van der Waals surface area contributed by atoms with Crippen molar-refractivity contribution in [3.05, 3.63) is 0 Å². The molecule has 0 saturated carbocycles. The van der Waals surface area contributed by atoms with E-state index in [0.29, 0.717) is 13.2 Å². The summed E-state index contributed by atoms with van der Waals surface area (Å²) < 4.78 is 4.95. The molecule has 3 heteroatoms. The van der Waals surface area contributed by atoms with Crippen molar-refractivity contribution in [1.82, 2.24) is 0 Å². The second-order valence-corrected chi connectivity index (χ2v) is 3.41. The SMILES string of the molecule is CC(C)C(C(=O)O)C1COC1. The van der Waals surface area contributed by atoms with E-state index in [1.807, 2.05) is 13.8 Å². The number of ether oxygens (including phenoxy) is 1. The monoisotopic (exact) mass is 158 g/mol. The van der Waals surface area contributed by atoms with Crippen molar-refractivity contribution in [3.63, 3.8) is 0 Å². The minimum atomic E-state index is -0.687. The van der Waals surface area contributed by atoms with Gasteiger partial charge < -0.3 is 9.84 Å². The fourth-order valence-corrected chi connectivity index (χ4v) is 1.49. The van der Waals surface area contributed by atoms with Crippen molar-refractivity contribution in [2.24, 2.45) is 17.8 Å². The van der Waals surface area contributed by atoms with Crippen LogP contribution in [0, 0.1) is 17.8 Å². The van der Waals surface area contributed by atoms with Gasteiger partial charge in [0.1, 0.15) is 0 Å². The van der Waals surface area contributed by atoms with Crippen LogP contribution < -0.4 is 0 Å². The van der Waals surface area contributed by atoms with Crippen molar-refractivity contribution in [3.8, 4) is 0 Å². The summed E-state index contributed by atoms with van der Waals surface area (Å²) in [5, 5.41) is 8.82. The Morgan fingerprint density at radius 2 is 2.09 bits per heavy atom. The lowest BCUT2D eigenvalue weighted by Gasteiger charge is -2.33. The van der Waals surface area contributed by atoms with Gasteiger partial charge in [-0.1, -0.05) is 13.8 Å². The molecule has 1 atom stereocenters. The Kier molecular flexibility index (Phi) is 2.49. The smallest absolute Gasteiger partial charge is 0.307 e. The van der Waals surface area contributed by atoms with E-state index in [9.17, 15) is 4.79 Å². The highest BCUT2D eigenvalue weighted by molar-refractivity contribution is 5.70. The Morgan fingerprint density at radius 3 is 2.18 bits per heavy atom. The molecule has 1 N–H and O–H groups in total. The molecule has 1 rings (SSSR count). The lowest BCUT2D eigenvalue weighted by atomic mass is 9.82. The van der Waals surface area contributed by atoms with Crippen LogP contribution in [0.15, 0.2) is 0 Å². The molecular formula is C8H14O3. The zero-order chi connectivity index (χ0) is 8.43. The summed E-state index contributed by atoms with van der Waals surface area (Å²) in [5.41, 5.74) is 0. The van der Waals surface area contributed by atoms with Crippen molar-refractivity contribution in [2.75, 3.05) is 13.2 Å². The number of hydrogen-bond acceptors (Lipinski definition) is 2. The molecular weight excluding hydrogens is 144 g/mol. The Labute approximate surface area is 66.4 Å². The van der Waals surface area contributed by atoms with Gasteiger partial charge in [0.25, 0.3) is 0 Å². The standard InChI is InChI=1S/C8H14O3/c1-5(2)7(8(9)10)6-3-11-4-6/h5-7H,3-4H2,1-2H3,(H,9,10). The van der Waals surface area contributed by atoms with E-state index in [1.165, 1.54) is 0 Å². The first-order valence-corrected chi connectivity index (χ1v) is 3.93. The third-order valence-corrected chi connectivity index (χ3v) is 2.18. The maximum Gasteiger partial charge on any atom is 0.307 e. The third-order valence-electron chi connectivity index (χ3n) is 2.18. The average molecular weight is 158 g/mol. The molecule has 3 nitrogen and oxygen atoms in total. The Hall–Kier alpha value is -0.570. The molecule has 11 heavy (non-hydrogen) atoms. The zero-order valence-corrected chi connectivity index (χ0v) is 6.91. The Balaban J connectivity index is 2.51. The van der Waals surface area contributed by atoms with Crippen LogP contribution in [0.3, 0.4) is 0 Å². The number of hydrogen-bond donors (Lipinski definition) is 1. The van der Waals surface area contributed by atoms with E-state index in [0.717, 1.165) is 0 Å². The Bertz CT molecular complexity index is 149. The normalized spacial score (nSPS) is 21.4. The summed E-state index contributed by atoms with van der Waals surface area (Å²) >= 11 is 0. The maximum absolute atomic E-state index is 10.7. The van der Waals surface area contributed by atoms with Gasteiger partial charge in [0.15, 0.2) is 0 Å². The van der Waals surface area contributed by atoms with Gasteiger partial charge in [-0.25, -0.2) is 0 Å². The molecule has 1 unspecified atom stereocenters. The average Bonchev–Trinajstić information content (AvgIpc) is 1.75. The molecule has 1 heterocycles. The highest BCUT2D eigenvalue weighted by Gasteiger charge is 2.35. The summed E-state index contributed by atoms with van der Waals surface area (Å²) in [6, 6.07) is 0. The van der Waals surface area contributed by atoms with Crippen molar-refractivity contribution in [1.29, 1.82) is 0 Å². The van der Waals surface area contributed by atoms with Gasteiger partial charge in [-0.3, -0.25) is 4.79 Å². The molecule has 0 aliphatic carbocycles. The third kappa shape index (κ3) is 1.71. The second kappa shape index (κ2) is 3.22. The van der Waals surface area contributed by atoms with Gasteiger partial charge >= 0.3 is 5.97 Å². The highest BCUT2D eigenvalue weighted by Crippen LogP contribution is 2.27. The van der Waals surface area contributed by atoms with Crippen LogP contribution in [0.1, 0.15) is 13.8 Å². The fourth-order valence-electron chi connectivity index (χ4n) is 1.49. The molecule has 1 aliphatic rings. The van der Waals surface area contributed by atoms with E-state index in [2.05, 4.69) is 0 Å². The van der Waals surface area contributed by atoms with E-state index < -0.39 is 5.97 Å². The summed E-state index contributed by atoms with van der Waals surface area (Å²) in [7, 11) is 0. The number of carbonyl (C=O) groups is 1. The van der Waals surface area contributed by atoms with Gasteiger partial charge in [-0.15, -0.1) is 0 Å². The van der Waals surface area contributed by atoms with E-state index in [1.54, 1.807) is 0 Å². The summed E-state index contributed by atoms with van der Waals surface area (Å²) in [6.07, 6.45) is 0. The predicted molar refractivity (Wildman–Crippen MR) is 40.3 cm³/mol. The second-order valence-electron chi connectivity index (χ2n) is 3.41. The number of carboxylic acid groups (broad SMARTS) is 1. The number of aliphatic carboxylic acids is 1. The van der Waals surface area contributed by atoms with E-state index >= 15 is 0 Å². The van der Waals surface area contributed by atoms with Crippen LogP contribution in [-0.2, 0) is 9.53 Å². The zero-order valence-electron chi connectivity index (χ0n) is 6.91.